The average Bonchev–Trinajstić information content (AvgIpc) is 2.94. The smallest absolute Gasteiger partial charge is 0.194 e. The molecule has 0 saturated heterocycles. The predicted octanol–water partition coefficient (Wildman–Crippen LogP) is 4.09. The third-order valence-electron chi connectivity index (χ3n) is 3.16. The molecule has 0 aliphatic rings. The van der Waals surface area contributed by atoms with Gasteiger partial charge in [0.25, 0.3) is 0 Å². The van der Waals surface area contributed by atoms with E-state index in [1.165, 1.54) is 5.56 Å². The third-order valence-corrected chi connectivity index (χ3v) is 4.02. The number of nitrogens with zero attached hydrogens (tertiary/aromatic N) is 1. The second-order valence-electron chi connectivity index (χ2n) is 4.41. The molecule has 94 valence electrons. The van der Waals surface area contributed by atoms with E-state index >= 15 is 0 Å². The van der Waals surface area contributed by atoms with Crippen LogP contribution in [0.1, 0.15) is 28.4 Å². The number of thiophene rings is 1. The van der Waals surface area contributed by atoms with E-state index in [1.54, 1.807) is 17.5 Å². The molecular weight excluding hydrogens is 254 g/mol. The molecule has 1 aromatic carbocycles. The lowest BCUT2D eigenvalue weighted by Gasteiger charge is -2.03. The van der Waals surface area contributed by atoms with Gasteiger partial charge in [0.15, 0.2) is 5.78 Å². The van der Waals surface area contributed by atoms with Gasteiger partial charge in [-0.15, -0.1) is 11.3 Å². The number of fused-ring (bicyclic) bond motifs is 1. The Morgan fingerprint density at radius 1 is 1.21 bits per heavy atom. The molecular formula is C16H13NOS. The second-order valence-corrected chi connectivity index (χ2v) is 5.36. The number of ketones is 1. The van der Waals surface area contributed by atoms with Crippen molar-refractivity contribution in [3.05, 3.63) is 64.7 Å². The van der Waals surface area contributed by atoms with Crippen LogP contribution < -0.4 is 0 Å². The summed E-state index contributed by atoms with van der Waals surface area (Å²) in [5.41, 5.74) is 3.51. The minimum Gasteiger partial charge on any atom is -0.289 e. The molecule has 0 N–H and O–H groups in total. The minimum atomic E-state index is 0.0399. The molecule has 0 bridgehead atoms. The standard InChI is InChI=1S/C16H13NOS/c1-2-11-4-3-5-12(8-11)16(18)13-9-15-14(17-10-13)6-7-19-15/h3-10H,2H2,1H3. The summed E-state index contributed by atoms with van der Waals surface area (Å²) in [7, 11) is 0. The first-order chi connectivity index (χ1) is 9.28. The summed E-state index contributed by atoms with van der Waals surface area (Å²) >= 11 is 1.61. The molecule has 2 heterocycles. The fourth-order valence-electron chi connectivity index (χ4n) is 2.07. The molecule has 3 heteroatoms. The van der Waals surface area contributed by atoms with Crippen LogP contribution >= 0.6 is 11.3 Å². The minimum absolute atomic E-state index is 0.0399. The highest BCUT2D eigenvalue weighted by atomic mass is 32.1. The molecule has 0 fully saturated rings. The van der Waals surface area contributed by atoms with Crippen LogP contribution in [0.4, 0.5) is 0 Å². The number of aryl methyl sites for hydroxylation is 1. The summed E-state index contributed by atoms with van der Waals surface area (Å²) in [5.74, 6) is 0.0399. The van der Waals surface area contributed by atoms with Gasteiger partial charge < -0.3 is 0 Å². The first-order valence-electron chi connectivity index (χ1n) is 6.25. The van der Waals surface area contributed by atoms with Crippen LogP contribution in [0, 0.1) is 0 Å². The molecule has 0 unspecified atom stereocenters. The van der Waals surface area contributed by atoms with E-state index in [0.29, 0.717) is 5.56 Å². The molecule has 3 aromatic rings. The quantitative estimate of drug-likeness (QED) is 0.669. The largest absolute Gasteiger partial charge is 0.289 e. The zero-order valence-electron chi connectivity index (χ0n) is 10.6. The highest BCUT2D eigenvalue weighted by molar-refractivity contribution is 7.17. The molecule has 3 rings (SSSR count). The van der Waals surface area contributed by atoms with Crippen molar-refractivity contribution < 1.29 is 4.79 Å². The second kappa shape index (κ2) is 4.94. The summed E-state index contributed by atoms with van der Waals surface area (Å²) in [6.07, 6.45) is 2.60. The predicted molar refractivity (Wildman–Crippen MR) is 78.9 cm³/mol. The molecule has 0 saturated carbocycles. The van der Waals surface area contributed by atoms with E-state index in [4.69, 9.17) is 0 Å². The maximum atomic E-state index is 12.4. The average molecular weight is 267 g/mol. The van der Waals surface area contributed by atoms with Crippen LogP contribution in [0.2, 0.25) is 0 Å². The molecule has 2 nitrogen and oxygen atoms in total. The van der Waals surface area contributed by atoms with Gasteiger partial charge >= 0.3 is 0 Å². The Bertz CT molecular complexity index is 745. The molecule has 0 spiro atoms. The Hall–Kier alpha value is -2.00. The van der Waals surface area contributed by atoms with Crippen LogP contribution in [0.25, 0.3) is 10.2 Å². The van der Waals surface area contributed by atoms with E-state index in [0.717, 1.165) is 22.2 Å². The Kier molecular flexibility index (Phi) is 3.13. The van der Waals surface area contributed by atoms with Crippen molar-refractivity contribution in [2.24, 2.45) is 0 Å². The van der Waals surface area contributed by atoms with Crippen molar-refractivity contribution in [3.8, 4) is 0 Å². The number of pyridine rings is 1. The molecule has 0 radical (unpaired) electrons. The molecule has 0 aliphatic heterocycles. The van der Waals surface area contributed by atoms with E-state index < -0.39 is 0 Å². The topological polar surface area (TPSA) is 30.0 Å². The van der Waals surface area contributed by atoms with Crippen LogP contribution in [0.5, 0.6) is 0 Å². The van der Waals surface area contributed by atoms with Crippen LogP contribution in [0.15, 0.2) is 48.0 Å². The van der Waals surface area contributed by atoms with Gasteiger partial charge in [-0.05, 0) is 35.6 Å². The number of benzene rings is 1. The SMILES string of the molecule is CCc1cccc(C(=O)c2cnc3ccsc3c2)c1. The van der Waals surface area contributed by atoms with Crippen molar-refractivity contribution >= 4 is 27.3 Å². The Morgan fingerprint density at radius 3 is 2.95 bits per heavy atom. The van der Waals surface area contributed by atoms with E-state index in [2.05, 4.69) is 11.9 Å². The van der Waals surface area contributed by atoms with Gasteiger partial charge in [0, 0.05) is 17.3 Å². The Labute approximate surface area is 115 Å². The van der Waals surface area contributed by atoms with Gasteiger partial charge in [-0.1, -0.05) is 25.1 Å². The first kappa shape index (κ1) is 12.1. The number of hydrogen-bond donors (Lipinski definition) is 0. The number of rotatable bonds is 3. The van der Waals surface area contributed by atoms with Crippen molar-refractivity contribution in [2.75, 3.05) is 0 Å². The van der Waals surface area contributed by atoms with E-state index in [9.17, 15) is 4.79 Å². The number of carbonyl (C=O) groups is 1. The lowest BCUT2D eigenvalue weighted by atomic mass is 10.0. The van der Waals surface area contributed by atoms with Gasteiger partial charge in [0.05, 0.1) is 10.2 Å². The molecule has 2 aromatic heterocycles. The summed E-state index contributed by atoms with van der Waals surface area (Å²) < 4.78 is 1.05. The van der Waals surface area contributed by atoms with Gasteiger partial charge in [-0.3, -0.25) is 9.78 Å². The van der Waals surface area contributed by atoms with Gasteiger partial charge in [-0.25, -0.2) is 0 Å². The van der Waals surface area contributed by atoms with Gasteiger partial charge in [0.1, 0.15) is 0 Å². The van der Waals surface area contributed by atoms with E-state index in [-0.39, 0.29) is 5.78 Å². The molecule has 0 amide bonds. The normalized spacial score (nSPS) is 10.8. The number of carbonyl (C=O) groups excluding carboxylic acids is 1. The fraction of sp³-hybridized carbons (Fsp3) is 0.125. The van der Waals surface area contributed by atoms with Crippen LogP contribution in [0.3, 0.4) is 0 Å². The van der Waals surface area contributed by atoms with Crippen molar-refractivity contribution in [1.29, 1.82) is 0 Å². The zero-order valence-corrected chi connectivity index (χ0v) is 11.4. The number of hydrogen-bond acceptors (Lipinski definition) is 3. The Balaban J connectivity index is 2.02. The van der Waals surface area contributed by atoms with Crippen LogP contribution in [-0.2, 0) is 6.42 Å². The molecule has 19 heavy (non-hydrogen) atoms. The summed E-state index contributed by atoms with van der Waals surface area (Å²) in [6, 6.07) is 11.7. The number of aromatic nitrogens is 1. The van der Waals surface area contributed by atoms with Gasteiger partial charge in [-0.2, -0.15) is 0 Å². The van der Waals surface area contributed by atoms with Crippen molar-refractivity contribution in [1.82, 2.24) is 4.98 Å². The summed E-state index contributed by atoms with van der Waals surface area (Å²) in [4.78, 5) is 16.8. The Morgan fingerprint density at radius 2 is 2.11 bits per heavy atom. The zero-order chi connectivity index (χ0) is 13.2. The summed E-state index contributed by atoms with van der Waals surface area (Å²) in [5, 5.41) is 1.99. The van der Waals surface area contributed by atoms with Gasteiger partial charge in [0.2, 0.25) is 0 Å². The lowest BCUT2D eigenvalue weighted by molar-refractivity contribution is 0.103. The fourth-order valence-corrected chi connectivity index (χ4v) is 2.85. The van der Waals surface area contributed by atoms with Crippen molar-refractivity contribution in [3.63, 3.8) is 0 Å². The highest BCUT2D eigenvalue weighted by Gasteiger charge is 2.11. The highest BCUT2D eigenvalue weighted by Crippen LogP contribution is 2.21. The van der Waals surface area contributed by atoms with E-state index in [1.807, 2.05) is 41.8 Å². The van der Waals surface area contributed by atoms with Crippen molar-refractivity contribution in [2.45, 2.75) is 13.3 Å². The maximum Gasteiger partial charge on any atom is 0.194 e. The lowest BCUT2D eigenvalue weighted by Crippen LogP contribution is -2.02. The summed E-state index contributed by atoms with van der Waals surface area (Å²) in [6.45, 7) is 2.09. The third kappa shape index (κ3) is 2.29. The monoisotopic (exact) mass is 267 g/mol. The first-order valence-corrected chi connectivity index (χ1v) is 7.13. The maximum absolute atomic E-state index is 12.4. The molecule has 0 aliphatic carbocycles. The van der Waals surface area contributed by atoms with Crippen LogP contribution in [-0.4, -0.2) is 10.8 Å². The molecule has 0 atom stereocenters.